The van der Waals surface area contributed by atoms with Gasteiger partial charge in [0.1, 0.15) is 17.6 Å². The van der Waals surface area contributed by atoms with E-state index < -0.39 is 12.0 Å². The van der Waals surface area contributed by atoms with Crippen molar-refractivity contribution in [3.63, 3.8) is 0 Å². The maximum atomic E-state index is 13.8. The standard InChI is InChI=1S/C24H21Br3N2O5S/c1-4-6-16-19(23(31)33-5-2)20(14-9-12(25)7-8-17(14)32-3)29-22(30)18(35-24(29)28-16)11-13-10-15(26)21(27)34-13/h7-11,20H,4-6H2,1-3H3/b18-11+/t20-/m0/s1. The Hall–Kier alpha value is -1.95. The zero-order valence-electron chi connectivity index (χ0n) is 19.1. The molecule has 0 bridgehead atoms. The third-order valence-corrected chi connectivity index (χ3v) is 8.50. The molecule has 0 spiro atoms. The number of carbonyl (C=O) groups is 1. The largest absolute Gasteiger partial charge is 0.496 e. The molecule has 35 heavy (non-hydrogen) atoms. The van der Waals surface area contributed by atoms with E-state index in [9.17, 15) is 9.59 Å². The number of thiazole rings is 1. The molecule has 11 heteroatoms. The van der Waals surface area contributed by atoms with E-state index in [2.05, 4.69) is 47.8 Å². The highest BCUT2D eigenvalue weighted by atomic mass is 79.9. The van der Waals surface area contributed by atoms with Gasteiger partial charge in [0, 0.05) is 16.1 Å². The van der Waals surface area contributed by atoms with Crippen LogP contribution in [-0.2, 0) is 9.53 Å². The lowest BCUT2D eigenvalue weighted by molar-refractivity contribution is -0.139. The lowest BCUT2D eigenvalue weighted by atomic mass is 9.93. The number of esters is 1. The normalized spacial score (nSPS) is 15.7. The third kappa shape index (κ3) is 5.14. The minimum absolute atomic E-state index is 0.205. The number of nitrogens with zero attached hydrogens (tertiary/aromatic N) is 2. The van der Waals surface area contributed by atoms with Crippen LogP contribution in [-0.4, -0.2) is 24.3 Å². The molecule has 0 fully saturated rings. The highest BCUT2D eigenvalue weighted by molar-refractivity contribution is 9.13. The van der Waals surface area contributed by atoms with Crippen LogP contribution < -0.4 is 19.6 Å². The highest BCUT2D eigenvalue weighted by Gasteiger charge is 2.36. The van der Waals surface area contributed by atoms with Crippen molar-refractivity contribution in [1.82, 2.24) is 4.57 Å². The number of ether oxygens (including phenoxy) is 2. The Balaban J connectivity index is 2.05. The fraction of sp³-hybridized carbons (Fsp3) is 0.292. The number of rotatable bonds is 7. The molecule has 0 saturated heterocycles. The van der Waals surface area contributed by atoms with Crippen LogP contribution in [0, 0.1) is 0 Å². The molecule has 0 aliphatic carbocycles. The molecule has 4 rings (SSSR count). The molecule has 0 unspecified atom stereocenters. The summed E-state index contributed by atoms with van der Waals surface area (Å²) in [5.74, 6) is 0.551. The van der Waals surface area contributed by atoms with Gasteiger partial charge in [-0.25, -0.2) is 9.79 Å². The summed E-state index contributed by atoms with van der Waals surface area (Å²) in [6, 6.07) is 6.50. The van der Waals surface area contributed by atoms with Crippen LogP contribution in [0.4, 0.5) is 0 Å². The van der Waals surface area contributed by atoms with Crippen molar-refractivity contribution in [2.75, 3.05) is 13.7 Å². The molecular formula is C24H21Br3N2O5S. The van der Waals surface area contributed by atoms with E-state index in [-0.39, 0.29) is 12.2 Å². The van der Waals surface area contributed by atoms with Gasteiger partial charge >= 0.3 is 5.97 Å². The fourth-order valence-electron chi connectivity index (χ4n) is 3.90. The Morgan fingerprint density at radius 3 is 2.66 bits per heavy atom. The zero-order chi connectivity index (χ0) is 25.3. The van der Waals surface area contributed by atoms with Crippen LogP contribution in [0.3, 0.4) is 0 Å². The quantitative estimate of drug-likeness (QED) is 0.308. The van der Waals surface area contributed by atoms with Gasteiger partial charge < -0.3 is 13.9 Å². The summed E-state index contributed by atoms with van der Waals surface area (Å²) in [5.41, 5.74) is 1.31. The number of methoxy groups -OCH3 is 1. The minimum atomic E-state index is -0.767. The van der Waals surface area contributed by atoms with Crippen molar-refractivity contribution in [2.45, 2.75) is 32.7 Å². The van der Waals surface area contributed by atoms with Crippen LogP contribution in [0.1, 0.15) is 44.1 Å². The van der Waals surface area contributed by atoms with Gasteiger partial charge in [0.15, 0.2) is 9.47 Å². The van der Waals surface area contributed by atoms with Gasteiger partial charge in [-0.15, -0.1) is 0 Å². The summed E-state index contributed by atoms with van der Waals surface area (Å²) in [6.45, 7) is 3.97. The third-order valence-electron chi connectivity index (χ3n) is 5.32. The van der Waals surface area contributed by atoms with Crippen LogP contribution in [0.5, 0.6) is 5.75 Å². The summed E-state index contributed by atoms with van der Waals surface area (Å²) in [5, 5.41) is 0. The molecule has 0 N–H and O–H groups in total. The van der Waals surface area contributed by atoms with Crippen LogP contribution in [0.2, 0.25) is 0 Å². The lowest BCUT2D eigenvalue weighted by Gasteiger charge is -2.27. The minimum Gasteiger partial charge on any atom is -0.496 e. The van der Waals surface area contributed by atoms with Crippen LogP contribution in [0.15, 0.2) is 63.4 Å². The van der Waals surface area contributed by atoms with Gasteiger partial charge in [0.05, 0.1) is 34.0 Å². The summed E-state index contributed by atoms with van der Waals surface area (Å²) in [6.07, 6.45) is 3.00. The number of halogens is 3. The summed E-state index contributed by atoms with van der Waals surface area (Å²) >= 11 is 11.5. The van der Waals surface area contributed by atoms with Crippen molar-refractivity contribution in [2.24, 2.45) is 4.99 Å². The van der Waals surface area contributed by atoms with E-state index in [1.165, 1.54) is 11.3 Å². The summed E-state index contributed by atoms with van der Waals surface area (Å²) in [7, 11) is 1.56. The molecule has 3 heterocycles. The Bertz CT molecular complexity index is 1480. The van der Waals surface area contributed by atoms with Gasteiger partial charge in [-0.2, -0.15) is 0 Å². The average molecular weight is 689 g/mol. The zero-order valence-corrected chi connectivity index (χ0v) is 24.6. The van der Waals surface area contributed by atoms with Gasteiger partial charge in [0.2, 0.25) is 0 Å². The number of fused-ring (bicyclic) bond motifs is 1. The number of benzene rings is 1. The monoisotopic (exact) mass is 686 g/mol. The number of aromatic nitrogens is 1. The van der Waals surface area contributed by atoms with Gasteiger partial charge in [0.25, 0.3) is 5.56 Å². The first kappa shape index (κ1) is 26.1. The second-order valence-electron chi connectivity index (χ2n) is 7.57. The molecule has 1 atom stereocenters. The topological polar surface area (TPSA) is 83.0 Å². The molecule has 0 saturated carbocycles. The van der Waals surface area contributed by atoms with Crippen molar-refractivity contribution in [3.8, 4) is 5.75 Å². The number of allylic oxidation sites excluding steroid dienone is 1. The second kappa shape index (κ2) is 11.0. The van der Waals surface area contributed by atoms with Crippen LogP contribution in [0.25, 0.3) is 6.08 Å². The van der Waals surface area contributed by atoms with E-state index in [1.807, 2.05) is 19.1 Å². The molecule has 7 nitrogen and oxygen atoms in total. The Morgan fingerprint density at radius 1 is 1.26 bits per heavy atom. The van der Waals surface area contributed by atoms with E-state index in [0.29, 0.717) is 48.8 Å². The second-order valence-corrected chi connectivity index (χ2v) is 11.1. The van der Waals surface area contributed by atoms with Crippen LogP contribution >= 0.6 is 59.1 Å². The predicted octanol–water partition coefficient (Wildman–Crippen LogP) is 5.47. The summed E-state index contributed by atoms with van der Waals surface area (Å²) < 4.78 is 20.8. The predicted molar refractivity (Wildman–Crippen MR) is 144 cm³/mol. The molecule has 0 amide bonds. The maximum Gasteiger partial charge on any atom is 0.338 e. The average Bonchev–Trinajstić information content (AvgIpc) is 3.30. The molecular weight excluding hydrogens is 668 g/mol. The molecule has 1 aliphatic heterocycles. The van der Waals surface area contributed by atoms with Gasteiger partial charge in [-0.3, -0.25) is 9.36 Å². The van der Waals surface area contributed by atoms with E-state index >= 15 is 0 Å². The van der Waals surface area contributed by atoms with Gasteiger partial charge in [-0.05, 0) is 69.5 Å². The SMILES string of the molecule is CCCC1=C(C(=O)OCC)[C@H](c2cc(Br)ccc2OC)n2c(s/c(=C/c3cc(Br)c(Br)o3)c2=O)=N1. The van der Waals surface area contributed by atoms with E-state index in [1.54, 1.807) is 36.8 Å². The van der Waals surface area contributed by atoms with E-state index in [4.69, 9.17) is 18.9 Å². The molecule has 1 aromatic carbocycles. The number of furan rings is 1. The van der Waals surface area contributed by atoms with Crippen molar-refractivity contribution in [3.05, 3.63) is 80.2 Å². The van der Waals surface area contributed by atoms with E-state index in [0.717, 1.165) is 15.4 Å². The molecule has 1 aliphatic rings. The first-order valence-corrected chi connectivity index (χ1v) is 14.0. The Morgan fingerprint density at radius 2 is 2.03 bits per heavy atom. The molecule has 0 radical (unpaired) electrons. The molecule has 2 aromatic heterocycles. The van der Waals surface area contributed by atoms with Crippen molar-refractivity contribution >= 4 is 71.2 Å². The smallest absolute Gasteiger partial charge is 0.338 e. The fourth-order valence-corrected chi connectivity index (χ4v) is 5.88. The molecule has 3 aromatic rings. The number of hydrogen-bond donors (Lipinski definition) is 0. The van der Waals surface area contributed by atoms with Crippen molar-refractivity contribution in [1.29, 1.82) is 0 Å². The highest BCUT2D eigenvalue weighted by Crippen LogP contribution is 2.38. The number of carbonyl (C=O) groups excluding carboxylic acids is 1. The Kier molecular flexibility index (Phi) is 8.19. The first-order chi connectivity index (χ1) is 16.8. The van der Waals surface area contributed by atoms with Crippen molar-refractivity contribution < 1.29 is 18.7 Å². The number of hydrogen-bond acceptors (Lipinski definition) is 7. The molecule has 184 valence electrons. The maximum absolute atomic E-state index is 13.8. The Labute approximate surface area is 230 Å². The van der Waals surface area contributed by atoms with Gasteiger partial charge in [-0.1, -0.05) is 40.6 Å². The summed E-state index contributed by atoms with van der Waals surface area (Å²) in [4.78, 5) is 32.3. The lowest BCUT2D eigenvalue weighted by Crippen LogP contribution is -2.40. The first-order valence-electron chi connectivity index (χ1n) is 10.8.